The van der Waals surface area contributed by atoms with Crippen molar-refractivity contribution in [2.75, 3.05) is 7.05 Å². The van der Waals surface area contributed by atoms with E-state index in [1.807, 2.05) is 13.8 Å². The first kappa shape index (κ1) is 9.43. The molecule has 0 aliphatic heterocycles. The maximum atomic E-state index is 10.7. The van der Waals surface area contributed by atoms with Gasteiger partial charge < -0.3 is 5.32 Å². The second-order valence-corrected chi connectivity index (χ2v) is 3.33. The Hall–Kier alpha value is -0.573. The van der Waals surface area contributed by atoms with E-state index >= 15 is 0 Å². The highest BCUT2D eigenvalue weighted by molar-refractivity contribution is 6.47. The van der Waals surface area contributed by atoms with Crippen molar-refractivity contribution in [3.63, 3.8) is 0 Å². The topological polar surface area (TPSA) is 29.1 Å². The molecule has 0 spiro atoms. The van der Waals surface area contributed by atoms with Crippen molar-refractivity contribution in [1.29, 1.82) is 0 Å². The number of hydrogen-bond donors (Lipinski definition) is 1. The van der Waals surface area contributed by atoms with Gasteiger partial charge in [0.25, 0.3) is 0 Å². The van der Waals surface area contributed by atoms with Crippen LogP contribution in [-0.4, -0.2) is 22.5 Å². The van der Waals surface area contributed by atoms with Crippen molar-refractivity contribution in [3.05, 3.63) is 11.3 Å². The highest BCUT2D eigenvalue weighted by atomic mass is 28.2. The van der Waals surface area contributed by atoms with Crippen LogP contribution in [0.15, 0.2) is 11.3 Å². The molecular formula is C7H13NOSi. The summed E-state index contributed by atoms with van der Waals surface area (Å²) in [7, 11) is 2.29. The Morgan fingerprint density at radius 1 is 1.60 bits per heavy atom. The molecule has 2 nitrogen and oxygen atoms in total. The van der Waals surface area contributed by atoms with E-state index in [0.29, 0.717) is 15.6 Å². The molecule has 0 unspecified atom stereocenters. The largest absolute Gasteiger partial charge is 0.359 e. The third kappa shape index (κ3) is 5.56. The van der Waals surface area contributed by atoms with Crippen LogP contribution in [0.2, 0.25) is 6.04 Å². The van der Waals surface area contributed by atoms with Gasteiger partial charge in [-0.05, 0) is 13.8 Å². The Balaban J connectivity index is 3.37. The molecule has 0 heterocycles. The first-order valence-corrected chi connectivity index (χ1v) is 4.52. The van der Waals surface area contributed by atoms with Gasteiger partial charge in [0.15, 0.2) is 0 Å². The smallest absolute Gasteiger partial charge is 0.216 e. The molecular weight excluding hydrogens is 142 g/mol. The van der Waals surface area contributed by atoms with Crippen molar-refractivity contribution in [1.82, 2.24) is 5.32 Å². The van der Waals surface area contributed by atoms with Gasteiger partial charge in [-0.1, -0.05) is 11.3 Å². The molecule has 0 aliphatic carbocycles. The number of rotatable bonds is 3. The minimum absolute atomic E-state index is 0.121. The maximum absolute atomic E-state index is 10.7. The molecule has 0 atom stereocenters. The van der Waals surface area contributed by atoms with Gasteiger partial charge in [0.2, 0.25) is 5.91 Å². The molecule has 56 valence electrons. The molecule has 0 rings (SSSR count). The molecule has 0 saturated carbocycles. The van der Waals surface area contributed by atoms with E-state index in [9.17, 15) is 4.79 Å². The molecule has 0 saturated heterocycles. The lowest BCUT2D eigenvalue weighted by Gasteiger charge is -1.93. The number of carbonyl (C=O) groups is 1. The molecule has 0 fully saturated rings. The standard InChI is InChI=1S/C7H13NOSi/c1-6(2)4-10-5-7(9)8-3/h4H,5H2,1-3H3,(H,8,9). The third-order valence-corrected chi connectivity index (χ3v) is 2.24. The molecule has 0 aromatic rings. The van der Waals surface area contributed by atoms with E-state index in [1.54, 1.807) is 7.05 Å². The van der Waals surface area contributed by atoms with Crippen molar-refractivity contribution in [3.8, 4) is 0 Å². The Labute approximate surface area is 64.5 Å². The Kier molecular flexibility index (Phi) is 4.93. The van der Waals surface area contributed by atoms with Crippen LogP contribution in [0, 0.1) is 0 Å². The Morgan fingerprint density at radius 2 is 2.20 bits per heavy atom. The number of allylic oxidation sites excluding steroid dienone is 1. The molecule has 1 N–H and O–H groups in total. The van der Waals surface area contributed by atoms with Gasteiger partial charge in [-0.15, -0.1) is 0 Å². The molecule has 0 aliphatic rings. The monoisotopic (exact) mass is 155 g/mol. The van der Waals surface area contributed by atoms with E-state index in [0.717, 1.165) is 0 Å². The van der Waals surface area contributed by atoms with Gasteiger partial charge in [-0.3, -0.25) is 4.79 Å². The van der Waals surface area contributed by atoms with E-state index in [-0.39, 0.29) is 5.91 Å². The average Bonchev–Trinajstić information content (AvgIpc) is 1.87. The minimum Gasteiger partial charge on any atom is -0.359 e. The third-order valence-electron chi connectivity index (χ3n) is 0.932. The Morgan fingerprint density at radius 3 is 2.60 bits per heavy atom. The first-order valence-electron chi connectivity index (χ1n) is 3.24. The molecule has 10 heavy (non-hydrogen) atoms. The zero-order valence-electron chi connectivity index (χ0n) is 6.69. The first-order chi connectivity index (χ1) is 4.66. The fourth-order valence-electron chi connectivity index (χ4n) is 0.436. The fourth-order valence-corrected chi connectivity index (χ4v) is 1.31. The molecule has 0 bridgehead atoms. The molecule has 0 aromatic heterocycles. The lowest BCUT2D eigenvalue weighted by atomic mass is 10.4. The van der Waals surface area contributed by atoms with E-state index in [1.165, 1.54) is 5.57 Å². The van der Waals surface area contributed by atoms with E-state index < -0.39 is 0 Å². The summed E-state index contributed by atoms with van der Waals surface area (Å²) < 4.78 is 0. The summed E-state index contributed by atoms with van der Waals surface area (Å²) in [5, 5.41) is 2.58. The summed E-state index contributed by atoms with van der Waals surface area (Å²) in [4.78, 5) is 10.7. The lowest BCUT2D eigenvalue weighted by Crippen LogP contribution is -2.18. The van der Waals surface area contributed by atoms with Gasteiger partial charge in [-0.25, -0.2) is 0 Å². The van der Waals surface area contributed by atoms with E-state index in [4.69, 9.17) is 0 Å². The van der Waals surface area contributed by atoms with Gasteiger partial charge in [0.1, 0.15) is 0 Å². The van der Waals surface area contributed by atoms with Gasteiger partial charge in [-0.2, -0.15) is 0 Å². The van der Waals surface area contributed by atoms with Crippen LogP contribution >= 0.6 is 0 Å². The fraction of sp³-hybridized carbons (Fsp3) is 0.571. The predicted octanol–water partition coefficient (Wildman–Crippen LogP) is 0.779. The predicted molar refractivity (Wildman–Crippen MR) is 44.1 cm³/mol. The normalized spacial score (nSPS) is 8.70. The summed E-state index contributed by atoms with van der Waals surface area (Å²) >= 11 is 0. The summed E-state index contributed by atoms with van der Waals surface area (Å²) in [5.41, 5.74) is 3.37. The zero-order valence-corrected chi connectivity index (χ0v) is 7.69. The quantitative estimate of drug-likeness (QED) is 0.600. The number of nitrogens with one attached hydrogen (secondary N) is 1. The van der Waals surface area contributed by atoms with Crippen LogP contribution in [0.1, 0.15) is 13.8 Å². The minimum atomic E-state index is 0.121. The SMILES string of the molecule is CNC(=O)C[Si]C=C(C)C. The van der Waals surface area contributed by atoms with Crippen LogP contribution in [0.25, 0.3) is 0 Å². The summed E-state index contributed by atoms with van der Waals surface area (Å²) in [6.07, 6.45) is 0. The number of carbonyl (C=O) groups excluding carboxylic acids is 1. The lowest BCUT2D eigenvalue weighted by molar-refractivity contribution is -0.118. The molecule has 3 heteroatoms. The van der Waals surface area contributed by atoms with Crippen molar-refractivity contribution < 1.29 is 4.79 Å². The van der Waals surface area contributed by atoms with Gasteiger partial charge in [0.05, 0.1) is 9.52 Å². The highest BCUT2D eigenvalue weighted by Gasteiger charge is 1.94. The number of hydrogen-bond acceptors (Lipinski definition) is 1. The van der Waals surface area contributed by atoms with Crippen LogP contribution in [0.5, 0.6) is 0 Å². The van der Waals surface area contributed by atoms with Gasteiger partial charge in [0, 0.05) is 13.1 Å². The summed E-state index contributed by atoms with van der Waals surface area (Å²) in [5.74, 6) is 0.121. The maximum Gasteiger partial charge on any atom is 0.216 e. The molecule has 2 radical (unpaired) electrons. The van der Waals surface area contributed by atoms with Crippen LogP contribution in [0.4, 0.5) is 0 Å². The average molecular weight is 155 g/mol. The van der Waals surface area contributed by atoms with E-state index in [2.05, 4.69) is 11.0 Å². The van der Waals surface area contributed by atoms with Crippen LogP contribution in [-0.2, 0) is 4.79 Å². The highest BCUT2D eigenvalue weighted by Crippen LogP contribution is 1.88. The summed E-state index contributed by atoms with van der Waals surface area (Å²) in [6, 6.07) is 0.627. The van der Waals surface area contributed by atoms with Crippen molar-refractivity contribution in [2.24, 2.45) is 0 Å². The molecule has 1 amide bonds. The number of amides is 1. The van der Waals surface area contributed by atoms with Crippen molar-refractivity contribution >= 4 is 15.4 Å². The van der Waals surface area contributed by atoms with Crippen molar-refractivity contribution in [2.45, 2.75) is 19.9 Å². The van der Waals surface area contributed by atoms with Crippen LogP contribution in [0.3, 0.4) is 0 Å². The molecule has 0 aromatic carbocycles. The Bertz CT molecular complexity index is 139. The summed E-state index contributed by atoms with van der Waals surface area (Å²) in [6.45, 7) is 4.08. The second kappa shape index (κ2) is 5.23. The zero-order chi connectivity index (χ0) is 7.98. The van der Waals surface area contributed by atoms with Crippen LogP contribution < -0.4 is 5.32 Å². The van der Waals surface area contributed by atoms with Gasteiger partial charge >= 0.3 is 0 Å². The second-order valence-electron chi connectivity index (χ2n) is 2.28.